The van der Waals surface area contributed by atoms with Crippen LogP contribution in [0.15, 0.2) is 0 Å². The maximum absolute atomic E-state index is 11.1. The third-order valence-electron chi connectivity index (χ3n) is 1.33. The number of nitrogens with two attached hydrogens (primary N) is 1. The fourth-order valence-corrected chi connectivity index (χ4v) is 3.30. The van der Waals surface area contributed by atoms with E-state index in [0.717, 1.165) is 6.26 Å². The fourth-order valence-electron chi connectivity index (χ4n) is 0.610. The Balaban J connectivity index is 3.77. The molecule has 0 aromatic rings. The lowest BCUT2D eigenvalue weighted by Crippen LogP contribution is -2.28. The van der Waals surface area contributed by atoms with E-state index in [2.05, 4.69) is 0 Å². The van der Waals surface area contributed by atoms with Crippen LogP contribution in [-0.2, 0) is 20.6 Å². The normalized spacial score (nSPS) is 16.8. The van der Waals surface area contributed by atoms with Crippen molar-refractivity contribution in [1.29, 1.82) is 0 Å². The topological polar surface area (TPSA) is 97.5 Å². The summed E-state index contributed by atoms with van der Waals surface area (Å²) in [6.07, 6.45) is 0.282. The molecule has 0 rings (SSSR count). The summed E-state index contributed by atoms with van der Waals surface area (Å²) in [7, 11) is -4.37. The molecule has 0 fully saturated rings. The second kappa shape index (κ2) is 5.69. The van der Waals surface area contributed by atoms with Gasteiger partial charge < -0.3 is 10.8 Å². The highest BCUT2D eigenvalue weighted by molar-refractivity contribution is 7.92. The van der Waals surface area contributed by atoms with Crippen molar-refractivity contribution in [3.05, 3.63) is 0 Å². The molecular formula is C6H15NO4S2. The van der Waals surface area contributed by atoms with Gasteiger partial charge in [-0.1, -0.05) is 0 Å². The summed E-state index contributed by atoms with van der Waals surface area (Å²) < 4.78 is 32.4. The highest BCUT2D eigenvalue weighted by Gasteiger charge is 2.10. The minimum Gasteiger partial charge on any atom is -0.391 e. The van der Waals surface area contributed by atoms with E-state index >= 15 is 0 Å². The molecule has 0 aromatic carbocycles. The summed E-state index contributed by atoms with van der Waals surface area (Å²) in [5.74, 6) is -0.00117. The van der Waals surface area contributed by atoms with Gasteiger partial charge in [0.2, 0.25) is 0 Å². The van der Waals surface area contributed by atoms with Gasteiger partial charge >= 0.3 is 0 Å². The van der Waals surface area contributed by atoms with Crippen molar-refractivity contribution >= 4 is 20.6 Å². The molecule has 0 saturated heterocycles. The van der Waals surface area contributed by atoms with Crippen LogP contribution in [0.3, 0.4) is 0 Å². The number of rotatable bonds is 6. The maximum Gasteiger partial charge on any atom is 0.148 e. The minimum atomic E-state index is -3.07. The quantitative estimate of drug-likeness (QED) is 0.554. The van der Waals surface area contributed by atoms with Crippen LogP contribution >= 0.6 is 0 Å². The minimum absolute atomic E-state index is 0.0462. The third kappa shape index (κ3) is 8.35. The molecule has 0 bridgehead atoms. The highest BCUT2D eigenvalue weighted by Crippen LogP contribution is 1.91. The Morgan fingerprint density at radius 1 is 1.54 bits per heavy atom. The standard InChI is InChI=1S/C6H15NO4S2/c1-13(10,11)3-2-12(9)5-6(8)4-7/h6,8H,2-5,7H2,1H3. The summed E-state index contributed by atoms with van der Waals surface area (Å²) in [5.41, 5.74) is 5.10. The van der Waals surface area contributed by atoms with Gasteiger partial charge in [0.1, 0.15) is 9.84 Å². The first-order valence-electron chi connectivity index (χ1n) is 3.76. The van der Waals surface area contributed by atoms with Crippen molar-refractivity contribution in [3.63, 3.8) is 0 Å². The van der Waals surface area contributed by atoms with E-state index in [0.29, 0.717) is 0 Å². The van der Waals surface area contributed by atoms with Gasteiger partial charge in [-0.15, -0.1) is 0 Å². The summed E-state index contributed by atoms with van der Waals surface area (Å²) in [6, 6.07) is 0. The third-order valence-corrected chi connectivity index (χ3v) is 3.95. The molecule has 2 atom stereocenters. The summed E-state index contributed by atoms with van der Waals surface area (Å²) in [4.78, 5) is 0. The van der Waals surface area contributed by atoms with E-state index in [9.17, 15) is 12.6 Å². The first-order chi connectivity index (χ1) is 5.85. The molecule has 2 unspecified atom stereocenters. The van der Waals surface area contributed by atoms with Gasteiger partial charge in [-0.3, -0.25) is 4.21 Å². The Bertz CT molecular complexity index is 262. The van der Waals surface area contributed by atoms with Crippen molar-refractivity contribution in [2.45, 2.75) is 6.10 Å². The van der Waals surface area contributed by atoms with Crippen LogP contribution in [0.4, 0.5) is 0 Å². The summed E-state index contributed by atoms with van der Waals surface area (Å²) in [5, 5.41) is 8.99. The maximum atomic E-state index is 11.1. The fraction of sp³-hybridized carbons (Fsp3) is 1.00. The van der Waals surface area contributed by atoms with E-state index in [-0.39, 0.29) is 23.8 Å². The van der Waals surface area contributed by atoms with Gasteiger partial charge in [0.15, 0.2) is 0 Å². The van der Waals surface area contributed by atoms with Gasteiger partial charge in [0.25, 0.3) is 0 Å². The molecule has 0 amide bonds. The van der Waals surface area contributed by atoms with E-state index < -0.39 is 26.7 Å². The van der Waals surface area contributed by atoms with Crippen LogP contribution in [-0.4, -0.2) is 53.9 Å². The Labute approximate surface area is 80.7 Å². The van der Waals surface area contributed by atoms with E-state index in [4.69, 9.17) is 10.8 Å². The molecule has 0 aliphatic heterocycles. The number of aliphatic hydroxyl groups is 1. The number of aliphatic hydroxyl groups excluding tert-OH is 1. The van der Waals surface area contributed by atoms with Crippen LogP contribution < -0.4 is 5.73 Å². The van der Waals surface area contributed by atoms with Gasteiger partial charge in [0.05, 0.1) is 17.6 Å². The van der Waals surface area contributed by atoms with Gasteiger partial charge in [-0.05, 0) is 0 Å². The van der Waals surface area contributed by atoms with Gasteiger partial charge in [0, 0.05) is 29.4 Å². The predicted octanol–water partition coefficient (Wildman–Crippen LogP) is -1.90. The molecule has 3 N–H and O–H groups in total. The molecule has 0 radical (unpaired) electrons. The average Bonchev–Trinajstić information content (AvgIpc) is 1.99. The van der Waals surface area contributed by atoms with E-state index in [1.54, 1.807) is 0 Å². The molecule has 0 spiro atoms. The van der Waals surface area contributed by atoms with Crippen molar-refractivity contribution < 1.29 is 17.7 Å². The van der Waals surface area contributed by atoms with Crippen LogP contribution in [0.25, 0.3) is 0 Å². The second-order valence-corrected chi connectivity index (χ2v) is 6.71. The summed E-state index contributed by atoms with van der Waals surface area (Å²) >= 11 is 0. The lowest BCUT2D eigenvalue weighted by molar-refractivity contribution is 0.207. The zero-order valence-corrected chi connectivity index (χ0v) is 9.10. The molecule has 80 valence electrons. The van der Waals surface area contributed by atoms with E-state index in [1.807, 2.05) is 0 Å². The van der Waals surface area contributed by atoms with Crippen molar-refractivity contribution in [3.8, 4) is 0 Å². The highest BCUT2D eigenvalue weighted by atomic mass is 32.2. The molecule has 0 heterocycles. The monoisotopic (exact) mass is 229 g/mol. The van der Waals surface area contributed by atoms with Crippen molar-refractivity contribution in [2.75, 3.05) is 30.1 Å². The van der Waals surface area contributed by atoms with Crippen LogP contribution in [0.5, 0.6) is 0 Å². The van der Waals surface area contributed by atoms with Crippen molar-refractivity contribution in [2.24, 2.45) is 5.73 Å². The number of sulfone groups is 1. The van der Waals surface area contributed by atoms with Gasteiger partial charge in [-0.25, -0.2) is 8.42 Å². The Kier molecular flexibility index (Phi) is 5.70. The zero-order chi connectivity index (χ0) is 10.5. The SMILES string of the molecule is CS(=O)(=O)CCS(=O)CC(O)CN. The first kappa shape index (κ1) is 13.0. The number of hydrogen-bond donors (Lipinski definition) is 2. The smallest absolute Gasteiger partial charge is 0.148 e. The Hall–Kier alpha value is 0.0200. The van der Waals surface area contributed by atoms with Crippen LogP contribution in [0, 0.1) is 0 Å². The molecular weight excluding hydrogens is 214 g/mol. The first-order valence-corrected chi connectivity index (χ1v) is 7.31. The largest absolute Gasteiger partial charge is 0.391 e. The van der Waals surface area contributed by atoms with Gasteiger partial charge in [-0.2, -0.15) is 0 Å². The molecule has 5 nitrogen and oxygen atoms in total. The Morgan fingerprint density at radius 2 is 2.08 bits per heavy atom. The average molecular weight is 229 g/mol. The zero-order valence-electron chi connectivity index (χ0n) is 7.47. The molecule has 0 aliphatic rings. The van der Waals surface area contributed by atoms with Crippen molar-refractivity contribution in [1.82, 2.24) is 0 Å². The molecule has 7 heteroatoms. The number of hydrogen-bond acceptors (Lipinski definition) is 5. The lowest BCUT2D eigenvalue weighted by atomic mass is 10.4. The van der Waals surface area contributed by atoms with Crippen LogP contribution in [0.2, 0.25) is 0 Å². The molecule has 13 heavy (non-hydrogen) atoms. The second-order valence-electron chi connectivity index (χ2n) is 2.83. The lowest BCUT2D eigenvalue weighted by Gasteiger charge is -2.06. The molecule has 0 aliphatic carbocycles. The Morgan fingerprint density at radius 3 is 2.46 bits per heavy atom. The van der Waals surface area contributed by atoms with Crippen LogP contribution in [0.1, 0.15) is 0 Å². The molecule has 0 saturated carbocycles. The summed E-state index contributed by atoms with van der Waals surface area (Å²) in [6.45, 7) is 0.0462. The molecule has 0 aromatic heterocycles. The predicted molar refractivity (Wildman–Crippen MR) is 52.6 cm³/mol. The van der Waals surface area contributed by atoms with E-state index in [1.165, 1.54) is 0 Å².